The molecule has 0 unspecified atom stereocenters. The van der Waals surface area contributed by atoms with Gasteiger partial charge in [-0.15, -0.1) is 29.1 Å². The van der Waals surface area contributed by atoms with Crippen LogP contribution >= 0.6 is 0 Å². The van der Waals surface area contributed by atoms with Gasteiger partial charge in [0.05, 0.1) is 0 Å². The Balaban J connectivity index is 0.000000276. The number of furan rings is 1. The Hall–Kier alpha value is -4.64. The summed E-state index contributed by atoms with van der Waals surface area (Å²) < 4.78 is 22.0. The monoisotopic (exact) mass is 913 g/mol. The Labute approximate surface area is 338 Å². The molecule has 2 aromatic heterocycles. The molecule has 0 aliphatic carbocycles. The van der Waals surface area contributed by atoms with Crippen LogP contribution in [0.5, 0.6) is 0 Å². The first kappa shape index (κ1) is 41.5. The molecule has 1 N–H and O–H groups in total. The standard InChI is InChI=1S/C34H23FNO.C15H28O2.Ir/c1-20(2)29-19-24(18-23-13-12-22-10-6-7-11-25(22)30(23)29)32-34-28(16-17-36-32)27-15-14-26(31(35)33(27)37-34)21-8-4-3-5-9-21;1-7-14(5,8-2)12(16)11-13(17)15(6,9-3)10-4;/h3-17,19-20H,1-2H3;11,16H,7-10H2,1-6H3;/q-1;;/b;12-11-;. The third-order valence-electron chi connectivity index (χ3n) is 11.8. The van der Waals surface area contributed by atoms with Gasteiger partial charge in [0.2, 0.25) is 0 Å². The summed E-state index contributed by atoms with van der Waals surface area (Å²) in [5, 5.41) is 16.4. The van der Waals surface area contributed by atoms with Gasteiger partial charge in [-0.05, 0) is 60.1 Å². The zero-order valence-electron chi connectivity index (χ0n) is 33.1. The van der Waals surface area contributed by atoms with Crippen molar-refractivity contribution in [3.63, 3.8) is 0 Å². The molecule has 0 amide bonds. The molecule has 287 valence electrons. The second-order valence-corrected chi connectivity index (χ2v) is 15.2. The minimum atomic E-state index is -0.359. The van der Waals surface area contributed by atoms with Crippen molar-refractivity contribution < 1.29 is 38.8 Å². The Kier molecular flexibility index (Phi) is 12.8. The van der Waals surface area contributed by atoms with Gasteiger partial charge in [-0.25, -0.2) is 4.39 Å². The molecular formula is C49H51FIrNO3-. The van der Waals surface area contributed by atoms with Crippen LogP contribution in [0.25, 0.3) is 65.9 Å². The first-order chi connectivity index (χ1) is 25.9. The van der Waals surface area contributed by atoms with Crippen molar-refractivity contribution in [3.8, 4) is 22.4 Å². The van der Waals surface area contributed by atoms with Crippen LogP contribution in [0.15, 0.2) is 113 Å². The Bertz CT molecular complexity index is 2490. The number of carbonyl (C=O) groups is 1. The van der Waals surface area contributed by atoms with Crippen molar-refractivity contribution in [2.24, 2.45) is 10.8 Å². The summed E-state index contributed by atoms with van der Waals surface area (Å²) in [4.78, 5) is 16.9. The van der Waals surface area contributed by atoms with Gasteiger partial charge in [-0.2, -0.15) is 0 Å². The first-order valence-corrected chi connectivity index (χ1v) is 19.3. The number of rotatable bonds is 10. The molecule has 4 nitrogen and oxygen atoms in total. The van der Waals surface area contributed by atoms with Crippen LogP contribution < -0.4 is 0 Å². The maximum Gasteiger partial charge on any atom is 0.174 e. The van der Waals surface area contributed by atoms with Crippen LogP contribution in [0, 0.1) is 22.7 Å². The van der Waals surface area contributed by atoms with Crippen molar-refractivity contribution in [1.29, 1.82) is 0 Å². The molecule has 7 aromatic rings. The van der Waals surface area contributed by atoms with Crippen molar-refractivity contribution >= 4 is 49.3 Å². The van der Waals surface area contributed by atoms with Gasteiger partial charge in [0.25, 0.3) is 0 Å². The van der Waals surface area contributed by atoms with E-state index in [1.807, 2.05) is 90.1 Å². The smallest absolute Gasteiger partial charge is 0.174 e. The Morgan fingerprint density at radius 2 is 1.45 bits per heavy atom. The molecule has 0 bridgehead atoms. The van der Waals surface area contributed by atoms with Crippen LogP contribution in [0.4, 0.5) is 4.39 Å². The number of hydrogen-bond acceptors (Lipinski definition) is 4. The van der Waals surface area contributed by atoms with Crippen LogP contribution in [-0.2, 0) is 24.9 Å². The zero-order valence-corrected chi connectivity index (χ0v) is 35.5. The average molecular weight is 913 g/mol. The number of aliphatic hydroxyl groups excluding tert-OH is 1. The van der Waals surface area contributed by atoms with Crippen LogP contribution in [-0.4, -0.2) is 15.9 Å². The minimum Gasteiger partial charge on any atom is -0.512 e. The summed E-state index contributed by atoms with van der Waals surface area (Å²) in [6.07, 6.45) is 6.52. The van der Waals surface area contributed by atoms with Crippen molar-refractivity contribution in [1.82, 2.24) is 4.98 Å². The van der Waals surface area contributed by atoms with Gasteiger partial charge >= 0.3 is 0 Å². The van der Waals surface area contributed by atoms with Crippen molar-refractivity contribution in [2.45, 2.75) is 87.0 Å². The largest absolute Gasteiger partial charge is 0.512 e. The maximum absolute atomic E-state index is 15.7. The molecule has 6 heteroatoms. The normalized spacial score (nSPS) is 12.3. The first-order valence-electron chi connectivity index (χ1n) is 19.3. The number of ketones is 1. The maximum atomic E-state index is 15.7. The van der Waals surface area contributed by atoms with Crippen LogP contribution in [0.2, 0.25) is 0 Å². The van der Waals surface area contributed by atoms with Crippen LogP contribution in [0.1, 0.15) is 92.6 Å². The quantitative estimate of drug-likeness (QED) is 0.0643. The number of halogens is 1. The number of aliphatic hydroxyl groups is 1. The predicted molar refractivity (Wildman–Crippen MR) is 223 cm³/mol. The SMILES string of the molecule is CC(C)c1cc(-c2nccc3c2oc2c(F)c(-c4ccccc4)ccc23)[c-]c2ccc3ccccc3c12.CCC(C)(CC)C(=O)/C=C(\O)C(C)(CC)CC.[Ir]. The second-order valence-electron chi connectivity index (χ2n) is 15.2. The van der Waals surface area contributed by atoms with Crippen molar-refractivity contribution in [2.75, 3.05) is 0 Å². The minimum absolute atomic E-state index is 0. The number of carbonyl (C=O) groups excluding carboxylic acids is 1. The number of pyridine rings is 1. The van der Waals surface area contributed by atoms with E-state index in [2.05, 4.69) is 62.4 Å². The second kappa shape index (κ2) is 17.0. The van der Waals surface area contributed by atoms with E-state index in [1.54, 1.807) is 6.20 Å². The van der Waals surface area contributed by atoms with Crippen molar-refractivity contribution in [3.05, 3.63) is 126 Å². The number of aromatic nitrogens is 1. The summed E-state index contributed by atoms with van der Waals surface area (Å²) >= 11 is 0. The Morgan fingerprint density at radius 1 is 0.818 bits per heavy atom. The molecule has 0 saturated carbocycles. The van der Waals surface area contributed by atoms with Gasteiger partial charge in [0, 0.05) is 65.2 Å². The summed E-state index contributed by atoms with van der Waals surface area (Å²) in [6, 6.07) is 33.7. The molecule has 0 aliphatic rings. The van der Waals surface area contributed by atoms with Gasteiger partial charge < -0.3 is 9.52 Å². The molecule has 55 heavy (non-hydrogen) atoms. The fourth-order valence-corrected chi connectivity index (χ4v) is 7.13. The predicted octanol–water partition coefficient (Wildman–Crippen LogP) is 14.3. The fraction of sp³-hybridized carbons (Fsp3) is 0.306. The molecular weight excluding hydrogens is 862 g/mol. The zero-order chi connectivity index (χ0) is 38.8. The molecule has 0 fully saturated rings. The molecule has 0 saturated heterocycles. The van der Waals surface area contributed by atoms with E-state index < -0.39 is 0 Å². The van der Waals surface area contributed by atoms with Crippen LogP contribution in [0.3, 0.4) is 0 Å². The van der Waals surface area contributed by atoms with E-state index in [1.165, 1.54) is 27.8 Å². The third kappa shape index (κ3) is 7.90. The summed E-state index contributed by atoms with van der Waals surface area (Å²) in [6.45, 7) is 16.5. The summed E-state index contributed by atoms with van der Waals surface area (Å²) in [5.74, 6) is 0.221. The number of hydrogen-bond donors (Lipinski definition) is 1. The number of nitrogens with zero attached hydrogens (tertiary/aromatic N) is 1. The average Bonchev–Trinajstić information content (AvgIpc) is 3.60. The summed E-state index contributed by atoms with van der Waals surface area (Å²) in [7, 11) is 0. The van der Waals surface area contributed by atoms with Gasteiger partial charge in [-0.1, -0.05) is 133 Å². The van der Waals surface area contributed by atoms with Gasteiger partial charge in [0.15, 0.2) is 17.2 Å². The molecule has 2 heterocycles. The topological polar surface area (TPSA) is 63.3 Å². The van der Waals surface area contributed by atoms with Gasteiger partial charge in [0.1, 0.15) is 11.3 Å². The fourth-order valence-electron chi connectivity index (χ4n) is 7.13. The summed E-state index contributed by atoms with van der Waals surface area (Å²) in [5.41, 5.74) is 4.31. The molecule has 0 atom stereocenters. The number of benzene rings is 5. The van der Waals surface area contributed by atoms with E-state index in [0.717, 1.165) is 53.0 Å². The van der Waals surface area contributed by atoms with E-state index in [4.69, 9.17) is 9.40 Å². The molecule has 0 spiro atoms. The van der Waals surface area contributed by atoms with E-state index >= 15 is 4.39 Å². The molecule has 7 rings (SSSR count). The Morgan fingerprint density at radius 3 is 2.11 bits per heavy atom. The number of fused-ring (bicyclic) bond motifs is 6. The van der Waals surface area contributed by atoms with E-state index in [0.29, 0.717) is 22.8 Å². The molecule has 0 aliphatic heterocycles. The number of allylic oxidation sites excluding steroid dienone is 2. The van der Waals surface area contributed by atoms with E-state index in [9.17, 15) is 9.90 Å². The molecule has 1 radical (unpaired) electrons. The molecule has 5 aromatic carbocycles. The van der Waals surface area contributed by atoms with E-state index in [-0.39, 0.29) is 53.9 Å². The van der Waals surface area contributed by atoms with Gasteiger partial charge in [-0.3, -0.25) is 9.78 Å². The third-order valence-corrected chi connectivity index (χ3v) is 11.8.